The number of benzene rings is 2. The zero-order valence-electron chi connectivity index (χ0n) is 12.6. The van der Waals surface area contributed by atoms with Gasteiger partial charge in [-0.1, -0.05) is 18.2 Å². The summed E-state index contributed by atoms with van der Waals surface area (Å²) in [6.45, 7) is 2.49. The maximum Gasteiger partial charge on any atom is 0.205 e. The number of hydrogen-bond acceptors (Lipinski definition) is 5. The number of hydrogen-bond donors (Lipinski definition) is 2. The fraction of sp³-hybridized carbons (Fsp3) is 0.167. The molecule has 1 heterocycles. The van der Waals surface area contributed by atoms with Crippen LogP contribution in [-0.4, -0.2) is 11.7 Å². The SMILES string of the molecule is CCOc1ccc([C@@H]2C(C#N)=C(N)Oc3cccc(O)c32)cc1. The molecule has 23 heavy (non-hydrogen) atoms. The molecular weight excluding hydrogens is 292 g/mol. The molecule has 0 aromatic heterocycles. The van der Waals surface area contributed by atoms with E-state index in [0.717, 1.165) is 11.3 Å². The minimum atomic E-state index is -0.472. The second-order valence-corrected chi connectivity index (χ2v) is 5.12. The molecule has 3 N–H and O–H groups in total. The highest BCUT2D eigenvalue weighted by Crippen LogP contribution is 2.46. The van der Waals surface area contributed by atoms with Crippen LogP contribution in [0.15, 0.2) is 53.9 Å². The number of aromatic hydroxyl groups is 1. The molecule has 2 aromatic rings. The van der Waals surface area contributed by atoms with E-state index in [0.29, 0.717) is 17.9 Å². The first kappa shape index (κ1) is 14.8. The van der Waals surface area contributed by atoms with E-state index < -0.39 is 5.92 Å². The fourth-order valence-electron chi connectivity index (χ4n) is 2.75. The Morgan fingerprint density at radius 3 is 2.65 bits per heavy atom. The molecule has 0 saturated heterocycles. The summed E-state index contributed by atoms with van der Waals surface area (Å²) in [5, 5.41) is 19.7. The largest absolute Gasteiger partial charge is 0.507 e. The van der Waals surface area contributed by atoms with E-state index in [1.165, 1.54) is 0 Å². The maximum absolute atomic E-state index is 10.2. The molecule has 0 saturated carbocycles. The summed E-state index contributed by atoms with van der Waals surface area (Å²) in [6, 6.07) is 14.5. The lowest BCUT2D eigenvalue weighted by Crippen LogP contribution is -2.21. The molecule has 1 aliphatic rings. The van der Waals surface area contributed by atoms with Gasteiger partial charge in [0.05, 0.1) is 12.5 Å². The van der Waals surface area contributed by atoms with Crippen molar-refractivity contribution in [2.75, 3.05) is 6.61 Å². The third-order valence-electron chi connectivity index (χ3n) is 3.75. The second kappa shape index (κ2) is 5.93. The van der Waals surface area contributed by atoms with Crippen molar-refractivity contribution in [3.63, 3.8) is 0 Å². The first-order valence-electron chi connectivity index (χ1n) is 7.28. The second-order valence-electron chi connectivity index (χ2n) is 5.12. The van der Waals surface area contributed by atoms with E-state index in [9.17, 15) is 10.4 Å². The predicted octanol–water partition coefficient (Wildman–Crippen LogP) is 3.01. The Bertz CT molecular complexity index is 804. The van der Waals surface area contributed by atoms with Crippen molar-refractivity contribution in [2.45, 2.75) is 12.8 Å². The first-order chi connectivity index (χ1) is 11.2. The molecule has 0 aliphatic carbocycles. The maximum atomic E-state index is 10.2. The number of nitrogens with two attached hydrogens (primary N) is 1. The molecule has 116 valence electrons. The molecule has 5 nitrogen and oxygen atoms in total. The van der Waals surface area contributed by atoms with Gasteiger partial charge in [-0.2, -0.15) is 5.26 Å². The normalized spacial score (nSPS) is 16.3. The molecule has 2 aromatic carbocycles. The number of phenols is 1. The average molecular weight is 308 g/mol. The lowest BCUT2D eigenvalue weighted by Gasteiger charge is -2.27. The van der Waals surface area contributed by atoms with Crippen molar-refractivity contribution in [1.82, 2.24) is 0 Å². The van der Waals surface area contributed by atoms with Crippen molar-refractivity contribution in [2.24, 2.45) is 5.73 Å². The van der Waals surface area contributed by atoms with Crippen LogP contribution >= 0.6 is 0 Å². The minimum absolute atomic E-state index is 0.0597. The van der Waals surface area contributed by atoms with Gasteiger partial charge in [-0.15, -0.1) is 0 Å². The molecule has 0 amide bonds. The zero-order chi connectivity index (χ0) is 16.4. The molecule has 0 spiro atoms. The van der Waals surface area contributed by atoms with Crippen LogP contribution in [0, 0.1) is 11.3 Å². The Balaban J connectivity index is 2.14. The van der Waals surface area contributed by atoms with Gasteiger partial charge in [0.25, 0.3) is 0 Å². The number of fused-ring (bicyclic) bond motifs is 1. The van der Waals surface area contributed by atoms with E-state index in [-0.39, 0.29) is 17.2 Å². The van der Waals surface area contributed by atoms with Gasteiger partial charge in [-0.05, 0) is 36.8 Å². The highest BCUT2D eigenvalue weighted by Gasteiger charge is 2.32. The Kier molecular flexibility index (Phi) is 3.82. The number of ether oxygens (including phenoxy) is 2. The third-order valence-corrected chi connectivity index (χ3v) is 3.75. The van der Waals surface area contributed by atoms with E-state index in [4.69, 9.17) is 15.2 Å². The number of rotatable bonds is 3. The van der Waals surface area contributed by atoms with E-state index in [1.54, 1.807) is 18.2 Å². The van der Waals surface area contributed by atoms with Gasteiger partial charge in [-0.3, -0.25) is 0 Å². The summed E-state index contributed by atoms with van der Waals surface area (Å²) < 4.78 is 10.9. The molecule has 5 heteroatoms. The lowest BCUT2D eigenvalue weighted by molar-refractivity contribution is 0.340. The van der Waals surface area contributed by atoms with Gasteiger partial charge in [0, 0.05) is 5.56 Å². The molecule has 0 unspecified atom stereocenters. The molecule has 0 fully saturated rings. The lowest BCUT2D eigenvalue weighted by atomic mass is 9.83. The van der Waals surface area contributed by atoms with Crippen molar-refractivity contribution in [1.29, 1.82) is 5.26 Å². The van der Waals surface area contributed by atoms with Crippen LogP contribution < -0.4 is 15.2 Å². The Morgan fingerprint density at radius 1 is 1.26 bits per heavy atom. The first-order valence-corrected chi connectivity index (χ1v) is 7.28. The topological polar surface area (TPSA) is 88.5 Å². The summed E-state index contributed by atoms with van der Waals surface area (Å²) in [7, 11) is 0. The smallest absolute Gasteiger partial charge is 0.205 e. The summed E-state index contributed by atoms with van der Waals surface area (Å²) in [4.78, 5) is 0. The minimum Gasteiger partial charge on any atom is -0.507 e. The molecule has 0 radical (unpaired) electrons. The van der Waals surface area contributed by atoms with Gasteiger partial charge < -0.3 is 20.3 Å². The predicted molar refractivity (Wildman–Crippen MR) is 85.0 cm³/mol. The Hall–Kier alpha value is -3.13. The van der Waals surface area contributed by atoms with Crippen molar-refractivity contribution in [3.05, 3.63) is 65.0 Å². The number of nitriles is 1. The fourth-order valence-corrected chi connectivity index (χ4v) is 2.75. The van der Waals surface area contributed by atoms with Crippen LogP contribution in [-0.2, 0) is 0 Å². The number of allylic oxidation sites excluding steroid dienone is 1. The quantitative estimate of drug-likeness (QED) is 0.910. The monoisotopic (exact) mass is 308 g/mol. The van der Waals surface area contributed by atoms with Crippen LogP contribution in [0.2, 0.25) is 0 Å². The summed E-state index contributed by atoms with van der Waals surface area (Å²) in [6.07, 6.45) is 0. The van der Waals surface area contributed by atoms with Gasteiger partial charge in [0.15, 0.2) is 0 Å². The van der Waals surface area contributed by atoms with Crippen molar-refractivity contribution >= 4 is 0 Å². The van der Waals surface area contributed by atoms with Crippen molar-refractivity contribution < 1.29 is 14.6 Å². The standard InChI is InChI=1S/C18H16N2O3/c1-2-22-12-8-6-11(7-9-12)16-13(10-19)18(20)23-15-5-3-4-14(21)17(15)16/h3-9,16,21H,2,20H2,1H3/t16-/m1/s1. The number of nitrogens with zero attached hydrogens (tertiary/aromatic N) is 1. The summed E-state index contributed by atoms with van der Waals surface area (Å²) >= 11 is 0. The van der Waals surface area contributed by atoms with Crippen LogP contribution in [0.1, 0.15) is 24.0 Å². The molecule has 3 rings (SSSR count). The van der Waals surface area contributed by atoms with Crippen LogP contribution in [0.5, 0.6) is 17.2 Å². The van der Waals surface area contributed by atoms with E-state index in [2.05, 4.69) is 6.07 Å². The van der Waals surface area contributed by atoms with Gasteiger partial charge >= 0.3 is 0 Å². The van der Waals surface area contributed by atoms with Gasteiger partial charge in [0.1, 0.15) is 28.9 Å². The highest BCUT2D eigenvalue weighted by molar-refractivity contribution is 5.60. The van der Waals surface area contributed by atoms with E-state index >= 15 is 0 Å². The van der Waals surface area contributed by atoms with Gasteiger partial charge in [0.2, 0.25) is 5.88 Å². The Morgan fingerprint density at radius 2 is 2.00 bits per heavy atom. The summed E-state index contributed by atoms with van der Waals surface area (Å²) in [5.41, 5.74) is 7.55. The molecule has 1 aliphatic heterocycles. The Labute approximate surface area is 134 Å². The van der Waals surface area contributed by atoms with E-state index in [1.807, 2.05) is 31.2 Å². The average Bonchev–Trinajstić information content (AvgIpc) is 2.55. The van der Waals surface area contributed by atoms with Crippen molar-refractivity contribution in [3.8, 4) is 23.3 Å². The van der Waals surface area contributed by atoms with Crippen LogP contribution in [0.4, 0.5) is 0 Å². The highest BCUT2D eigenvalue weighted by atomic mass is 16.5. The zero-order valence-corrected chi connectivity index (χ0v) is 12.6. The summed E-state index contributed by atoms with van der Waals surface area (Å²) in [5.74, 6) is 0.864. The van der Waals surface area contributed by atoms with Crippen LogP contribution in [0.25, 0.3) is 0 Å². The molecule has 0 bridgehead atoms. The number of phenolic OH excluding ortho intramolecular Hbond substituents is 1. The third kappa shape index (κ3) is 2.55. The molecule has 1 atom stereocenters. The molecular formula is C18H16N2O3. The van der Waals surface area contributed by atoms with Gasteiger partial charge in [-0.25, -0.2) is 0 Å². The van der Waals surface area contributed by atoms with Crippen LogP contribution in [0.3, 0.4) is 0 Å².